The van der Waals surface area contributed by atoms with Gasteiger partial charge in [-0.1, -0.05) is 0 Å². The van der Waals surface area contributed by atoms with Gasteiger partial charge in [-0.2, -0.15) is 0 Å². The van der Waals surface area contributed by atoms with Crippen molar-refractivity contribution in [2.24, 2.45) is 17.6 Å². The van der Waals surface area contributed by atoms with E-state index in [1.165, 1.54) is 0 Å². The van der Waals surface area contributed by atoms with Gasteiger partial charge in [0.05, 0.1) is 24.3 Å². The predicted molar refractivity (Wildman–Crippen MR) is 121 cm³/mol. The number of alkyl halides is 1. The van der Waals surface area contributed by atoms with Crippen LogP contribution in [0.15, 0.2) is 0 Å². The monoisotopic (exact) mass is 466 g/mol. The van der Waals surface area contributed by atoms with Crippen LogP contribution in [0.4, 0.5) is 4.39 Å². The van der Waals surface area contributed by atoms with Gasteiger partial charge in [0, 0.05) is 44.7 Å². The standard InChI is InChI=1S/C22H39FN8O2/c23-15-11-26-20-18(19(24)28-31(20)13-15)21(32)27-16-12-25-6-3-17(16)29-9-4-14(5-10-29)22(33)30-7-1-2-8-30/h14-20,25-26,28H,1-13,24H2,(H,27,32). The summed E-state index contributed by atoms with van der Waals surface area (Å²) in [5.74, 6) is -0.0987. The number of hydrogen-bond acceptors (Lipinski definition) is 8. The number of nitrogens with two attached hydrogens (primary N) is 1. The topological polar surface area (TPSA) is 118 Å². The zero-order valence-electron chi connectivity index (χ0n) is 19.3. The molecule has 5 aliphatic heterocycles. The highest BCUT2D eigenvalue weighted by Gasteiger charge is 2.48. The fourth-order valence-corrected chi connectivity index (χ4v) is 6.36. The largest absolute Gasteiger partial charge is 0.350 e. The molecular formula is C22H39FN8O2. The highest BCUT2D eigenvalue weighted by Crippen LogP contribution is 2.27. The Hall–Kier alpha value is -1.37. The molecule has 5 heterocycles. The Bertz CT molecular complexity index is 715. The van der Waals surface area contributed by atoms with Crippen LogP contribution in [0, 0.1) is 11.8 Å². The van der Waals surface area contributed by atoms with Crippen LogP contribution >= 0.6 is 0 Å². The number of carbonyl (C=O) groups is 2. The third-order valence-corrected chi connectivity index (χ3v) is 8.16. The average Bonchev–Trinajstić information content (AvgIpc) is 3.46. The van der Waals surface area contributed by atoms with E-state index < -0.39 is 18.3 Å². The van der Waals surface area contributed by atoms with Gasteiger partial charge in [-0.05, 0) is 51.7 Å². The summed E-state index contributed by atoms with van der Waals surface area (Å²) in [5.41, 5.74) is 9.28. The number of nitrogens with one attached hydrogen (secondary N) is 4. The van der Waals surface area contributed by atoms with Crippen molar-refractivity contribution in [2.45, 2.75) is 62.7 Å². The summed E-state index contributed by atoms with van der Waals surface area (Å²) >= 11 is 0. The molecule has 5 rings (SSSR count). The number of carbonyl (C=O) groups excluding carboxylic acids is 2. The van der Waals surface area contributed by atoms with Gasteiger partial charge in [-0.3, -0.25) is 19.8 Å². The fourth-order valence-electron chi connectivity index (χ4n) is 6.36. The summed E-state index contributed by atoms with van der Waals surface area (Å²) in [7, 11) is 0. The Morgan fingerprint density at radius 2 is 1.79 bits per heavy atom. The van der Waals surface area contributed by atoms with Crippen LogP contribution < -0.4 is 27.1 Å². The molecule has 0 bridgehead atoms. The molecular weight excluding hydrogens is 427 g/mol. The van der Waals surface area contributed by atoms with Crippen LogP contribution in [0.25, 0.3) is 0 Å². The molecule has 0 radical (unpaired) electrons. The molecule has 10 nitrogen and oxygen atoms in total. The summed E-state index contributed by atoms with van der Waals surface area (Å²) in [4.78, 5) is 30.6. The van der Waals surface area contributed by atoms with Gasteiger partial charge in [0.1, 0.15) is 6.17 Å². The number of rotatable bonds is 4. The molecule has 33 heavy (non-hydrogen) atoms. The van der Waals surface area contributed by atoms with E-state index in [1.54, 1.807) is 5.01 Å². The highest BCUT2D eigenvalue weighted by atomic mass is 19.1. The molecule has 6 N–H and O–H groups in total. The third-order valence-electron chi connectivity index (χ3n) is 8.16. The van der Waals surface area contributed by atoms with Crippen molar-refractivity contribution in [2.75, 3.05) is 52.4 Å². The van der Waals surface area contributed by atoms with Crippen LogP contribution in [0.1, 0.15) is 32.1 Å². The molecule has 5 saturated heterocycles. The lowest BCUT2D eigenvalue weighted by Gasteiger charge is -2.44. The Balaban J connectivity index is 1.17. The smallest absolute Gasteiger partial charge is 0.229 e. The second kappa shape index (κ2) is 10.1. The molecule has 6 unspecified atom stereocenters. The first-order valence-corrected chi connectivity index (χ1v) is 12.7. The number of halogens is 1. The van der Waals surface area contributed by atoms with E-state index in [0.29, 0.717) is 12.5 Å². The van der Waals surface area contributed by atoms with Crippen molar-refractivity contribution in [1.29, 1.82) is 0 Å². The van der Waals surface area contributed by atoms with E-state index in [-0.39, 0.29) is 43.2 Å². The summed E-state index contributed by atoms with van der Waals surface area (Å²) in [6.07, 6.45) is 3.18. The lowest BCUT2D eigenvalue weighted by atomic mass is 9.90. The quantitative estimate of drug-likeness (QED) is 0.328. The van der Waals surface area contributed by atoms with E-state index in [0.717, 1.165) is 64.8 Å². The molecule has 0 aromatic heterocycles. The van der Waals surface area contributed by atoms with Crippen LogP contribution in [0.3, 0.4) is 0 Å². The second-order valence-corrected chi connectivity index (χ2v) is 10.3. The highest BCUT2D eigenvalue weighted by molar-refractivity contribution is 5.81. The number of hydrogen-bond donors (Lipinski definition) is 5. The van der Waals surface area contributed by atoms with Gasteiger partial charge in [-0.15, -0.1) is 0 Å². The normalized spacial score (nSPS) is 38.9. The van der Waals surface area contributed by atoms with E-state index in [1.807, 2.05) is 4.90 Å². The van der Waals surface area contributed by atoms with Crippen molar-refractivity contribution < 1.29 is 14.0 Å². The Labute approximate surface area is 195 Å². The molecule has 0 spiro atoms. The number of fused-ring (bicyclic) bond motifs is 1. The van der Waals surface area contributed by atoms with Crippen molar-refractivity contribution >= 4 is 11.8 Å². The zero-order chi connectivity index (χ0) is 22.9. The average molecular weight is 467 g/mol. The first-order valence-electron chi connectivity index (χ1n) is 12.7. The minimum Gasteiger partial charge on any atom is -0.350 e. The predicted octanol–water partition coefficient (Wildman–Crippen LogP) is -1.84. The first kappa shape index (κ1) is 23.4. The van der Waals surface area contributed by atoms with Gasteiger partial charge < -0.3 is 21.3 Å². The van der Waals surface area contributed by atoms with Gasteiger partial charge in [-0.25, -0.2) is 14.8 Å². The Morgan fingerprint density at radius 1 is 1.03 bits per heavy atom. The molecule has 2 amide bonds. The second-order valence-electron chi connectivity index (χ2n) is 10.3. The first-order chi connectivity index (χ1) is 16.0. The van der Waals surface area contributed by atoms with Gasteiger partial charge in [0.25, 0.3) is 0 Å². The lowest BCUT2D eigenvalue weighted by Crippen LogP contribution is -2.64. The summed E-state index contributed by atoms with van der Waals surface area (Å²) in [6.45, 7) is 5.71. The summed E-state index contributed by atoms with van der Waals surface area (Å²) in [5, 5.41) is 11.5. The molecule has 6 atom stereocenters. The SMILES string of the molecule is NC1NN2CC(F)CNC2C1C(=O)NC1CNCCC1N1CCC(C(=O)N2CCCC2)CC1. The van der Waals surface area contributed by atoms with Crippen LogP contribution in [0.2, 0.25) is 0 Å². The van der Waals surface area contributed by atoms with Crippen LogP contribution in [0.5, 0.6) is 0 Å². The molecule has 0 saturated carbocycles. The van der Waals surface area contributed by atoms with Gasteiger partial charge in [0.2, 0.25) is 11.8 Å². The minimum absolute atomic E-state index is 0.0177. The maximum Gasteiger partial charge on any atom is 0.229 e. The van der Waals surface area contributed by atoms with E-state index in [2.05, 4.69) is 26.3 Å². The zero-order valence-corrected chi connectivity index (χ0v) is 19.3. The van der Waals surface area contributed by atoms with E-state index in [4.69, 9.17) is 5.73 Å². The molecule has 186 valence electrons. The maximum absolute atomic E-state index is 13.7. The Morgan fingerprint density at radius 3 is 2.55 bits per heavy atom. The van der Waals surface area contributed by atoms with Gasteiger partial charge in [0.15, 0.2) is 0 Å². The number of likely N-dealkylation sites (tertiary alicyclic amines) is 2. The van der Waals surface area contributed by atoms with Crippen molar-refractivity contribution in [3.63, 3.8) is 0 Å². The molecule has 5 aliphatic rings. The Kier molecular flexibility index (Phi) is 7.15. The lowest BCUT2D eigenvalue weighted by molar-refractivity contribution is -0.136. The minimum atomic E-state index is -0.977. The molecule has 0 aliphatic carbocycles. The van der Waals surface area contributed by atoms with E-state index >= 15 is 0 Å². The van der Waals surface area contributed by atoms with Crippen LogP contribution in [-0.4, -0.2) is 110 Å². The summed E-state index contributed by atoms with van der Waals surface area (Å²) in [6, 6.07) is 0.227. The number of nitrogens with zero attached hydrogens (tertiary/aromatic N) is 3. The molecule has 11 heteroatoms. The van der Waals surface area contributed by atoms with Crippen molar-refractivity contribution in [1.82, 2.24) is 36.2 Å². The number of piperidine rings is 2. The van der Waals surface area contributed by atoms with Crippen molar-refractivity contribution in [3.05, 3.63) is 0 Å². The van der Waals surface area contributed by atoms with Crippen LogP contribution in [-0.2, 0) is 9.59 Å². The number of amides is 2. The number of hydrazine groups is 1. The summed E-state index contributed by atoms with van der Waals surface area (Å²) < 4.78 is 13.7. The molecule has 5 fully saturated rings. The molecule has 0 aromatic carbocycles. The molecule has 0 aromatic rings. The third kappa shape index (κ3) is 4.89. The van der Waals surface area contributed by atoms with Crippen molar-refractivity contribution in [3.8, 4) is 0 Å². The van der Waals surface area contributed by atoms with E-state index in [9.17, 15) is 14.0 Å². The maximum atomic E-state index is 13.7. The fraction of sp³-hybridized carbons (Fsp3) is 0.909. The van der Waals surface area contributed by atoms with Gasteiger partial charge >= 0.3 is 0 Å².